The third kappa shape index (κ3) is 4.42. The topological polar surface area (TPSA) is 9.23 Å². The van der Waals surface area contributed by atoms with Crippen molar-refractivity contribution in [2.24, 2.45) is 0 Å². The lowest BCUT2D eigenvalue weighted by atomic mass is 10.1. The Morgan fingerprint density at radius 1 is 1.00 bits per heavy atom. The molecule has 5 heteroatoms. The molecule has 102 valence electrons. The third-order valence-electron chi connectivity index (χ3n) is 2.65. The van der Waals surface area contributed by atoms with Crippen molar-refractivity contribution >= 4 is 26.7 Å². The second-order valence-corrected chi connectivity index (χ2v) is 5.14. The Morgan fingerprint density at radius 2 is 1.68 bits per heavy atom. The van der Waals surface area contributed by atoms with E-state index in [0.29, 0.717) is 5.75 Å². The van der Waals surface area contributed by atoms with Crippen molar-refractivity contribution in [3.05, 3.63) is 40.9 Å². The molecule has 0 aromatic heterocycles. The minimum absolute atomic E-state index is 0.0259. The van der Waals surface area contributed by atoms with Crippen LogP contribution in [0.3, 0.4) is 0 Å². The highest BCUT2D eigenvalue weighted by atomic mass is 79.9. The highest BCUT2D eigenvalue weighted by molar-refractivity contribution is 9.10. The second kappa shape index (κ2) is 5.82. The highest BCUT2D eigenvalue weighted by Gasteiger charge is 2.26. The van der Waals surface area contributed by atoms with Gasteiger partial charge >= 0.3 is 6.18 Å². The van der Waals surface area contributed by atoms with Crippen LogP contribution in [0, 0.1) is 0 Å². The zero-order valence-corrected chi connectivity index (χ0v) is 11.6. The summed E-state index contributed by atoms with van der Waals surface area (Å²) in [5.74, 6) is 0.594. The summed E-state index contributed by atoms with van der Waals surface area (Å²) >= 11 is 3.38. The fourth-order valence-corrected chi connectivity index (χ4v) is 2.13. The first-order valence-corrected chi connectivity index (χ1v) is 6.62. The van der Waals surface area contributed by atoms with E-state index >= 15 is 0 Å². The quantitative estimate of drug-likeness (QED) is 0.688. The van der Waals surface area contributed by atoms with Crippen LogP contribution in [-0.2, 0) is 0 Å². The van der Waals surface area contributed by atoms with Crippen LogP contribution in [0.2, 0.25) is 0 Å². The van der Waals surface area contributed by atoms with Crippen molar-refractivity contribution in [2.75, 3.05) is 6.61 Å². The minimum Gasteiger partial charge on any atom is -0.494 e. The molecule has 0 fully saturated rings. The van der Waals surface area contributed by atoms with Crippen LogP contribution in [0.15, 0.2) is 40.9 Å². The summed E-state index contributed by atoms with van der Waals surface area (Å²) < 4.78 is 42.2. The molecule has 2 aromatic rings. The van der Waals surface area contributed by atoms with Crippen LogP contribution in [0.25, 0.3) is 10.8 Å². The number of ether oxygens (including phenoxy) is 1. The van der Waals surface area contributed by atoms with E-state index in [1.54, 1.807) is 6.07 Å². The molecule has 0 aliphatic rings. The first-order chi connectivity index (χ1) is 8.94. The maximum Gasteiger partial charge on any atom is 0.389 e. The summed E-state index contributed by atoms with van der Waals surface area (Å²) in [4.78, 5) is 0. The van der Waals surface area contributed by atoms with E-state index in [2.05, 4.69) is 15.9 Å². The monoisotopic (exact) mass is 332 g/mol. The summed E-state index contributed by atoms with van der Waals surface area (Å²) in [6.45, 7) is 0.0710. The van der Waals surface area contributed by atoms with Crippen LogP contribution in [0.4, 0.5) is 13.2 Å². The van der Waals surface area contributed by atoms with Gasteiger partial charge in [-0.25, -0.2) is 0 Å². The first kappa shape index (κ1) is 14.2. The number of hydrogen-bond acceptors (Lipinski definition) is 1. The molecule has 0 atom stereocenters. The summed E-state index contributed by atoms with van der Waals surface area (Å²) in [7, 11) is 0. The Balaban J connectivity index is 1.96. The van der Waals surface area contributed by atoms with E-state index in [1.165, 1.54) is 0 Å². The first-order valence-electron chi connectivity index (χ1n) is 5.83. The van der Waals surface area contributed by atoms with Crippen LogP contribution in [-0.4, -0.2) is 12.8 Å². The normalized spacial score (nSPS) is 11.8. The molecule has 0 N–H and O–H groups in total. The average Bonchev–Trinajstić information content (AvgIpc) is 2.33. The van der Waals surface area contributed by atoms with Gasteiger partial charge in [0.05, 0.1) is 6.61 Å². The van der Waals surface area contributed by atoms with Gasteiger partial charge in [-0.15, -0.1) is 0 Å². The number of halogens is 4. The lowest BCUT2D eigenvalue weighted by molar-refractivity contribution is -0.136. The smallest absolute Gasteiger partial charge is 0.389 e. The molecule has 0 spiro atoms. The Labute approximate surface area is 117 Å². The summed E-state index contributed by atoms with van der Waals surface area (Å²) in [5.41, 5.74) is 0. The van der Waals surface area contributed by atoms with E-state index in [-0.39, 0.29) is 13.0 Å². The van der Waals surface area contributed by atoms with Gasteiger partial charge < -0.3 is 4.74 Å². The molecule has 2 rings (SSSR count). The molecule has 0 bridgehead atoms. The van der Waals surface area contributed by atoms with Crippen molar-refractivity contribution in [2.45, 2.75) is 19.0 Å². The zero-order chi connectivity index (χ0) is 13.9. The van der Waals surface area contributed by atoms with E-state index in [9.17, 15) is 13.2 Å². The standard InChI is InChI=1S/C14H12BrF3O/c15-12-4-2-11-9-13(5-3-10(11)8-12)19-7-1-6-14(16,17)18/h2-5,8-9H,1,6-7H2. The van der Waals surface area contributed by atoms with Gasteiger partial charge in [-0.3, -0.25) is 0 Å². The van der Waals surface area contributed by atoms with Crippen molar-refractivity contribution < 1.29 is 17.9 Å². The van der Waals surface area contributed by atoms with Gasteiger partial charge in [0.15, 0.2) is 0 Å². The van der Waals surface area contributed by atoms with Crippen molar-refractivity contribution in [1.82, 2.24) is 0 Å². The molecule has 0 saturated heterocycles. The number of rotatable bonds is 4. The van der Waals surface area contributed by atoms with Crippen LogP contribution >= 0.6 is 15.9 Å². The molecule has 1 nitrogen and oxygen atoms in total. The van der Waals surface area contributed by atoms with E-state index in [0.717, 1.165) is 15.2 Å². The van der Waals surface area contributed by atoms with E-state index < -0.39 is 12.6 Å². The minimum atomic E-state index is -4.11. The van der Waals surface area contributed by atoms with Crippen LogP contribution in [0.1, 0.15) is 12.8 Å². The van der Waals surface area contributed by atoms with Crippen molar-refractivity contribution in [3.63, 3.8) is 0 Å². The maximum atomic E-state index is 12.0. The SMILES string of the molecule is FC(F)(F)CCCOc1ccc2cc(Br)ccc2c1. The molecule has 0 aliphatic carbocycles. The average molecular weight is 333 g/mol. The van der Waals surface area contributed by atoms with Gasteiger partial charge in [-0.2, -0.15) is 13.2 Å². The highest BCUT2D eigenvalue weighted by Crippen LogP contribution is 2.25. The zero-order valence-electron chi connectivity index (χ0n) is 10.0. The third-order valence-corrected chi connectivity index (χ3v) is 3.14. The Morgan fingerprint density at radius 3 is 2.42 bits per heavy atom. The molecule has 2 aromatic carbocycles. The van der Waals surface area contributed by atoms with Gasteiger partial charge in [0.1, 0.15) is 5.75 Å². The predicted molar refractivity (Wildman–Crippen MR) is 72.4 cm³/mol. The fourth-order valence-electron chi connectivity index (χ4n) is 1.75. The lowest BCUT2D eigenvalue weighted by Crippen LogP contribution is -2.09. The maximum absolute atomic E-state index is 12.0. The molecule has 0 heterocycles. The Hall–Kier alpha value is -1.23. The summed E-state index contributed by atoms with van der Waals surface area (Å²) in [6.07, 6.45) is -4.95. The second-order valence-electron chi connectivity index (χ2n) is 4.22. The summed E-state index contributed by atoms with van der Waals surface area (Å²) in [6, 6.07) is 11.3. The number of benzene rings is 2. The molecular formula is C14H12BrF3O. The van der Waals surface area contributed by atoms with Crippen molar-refractivity contribution in [1.29, 1.82) is 0 Å². The molecular weight excluding hydrogens is 321 g/mol. The molecule has 19 heavy (non-hydrogen) atoms. The predicted octanol–water partition coefficient (Wildman–Crippen LogP) is 5.32. The van der Waals surface area contributed by atoms with Gasteiger partial charge in [0, 0.05) is 10.9 Å². The number of fused-ring (bicyclic) bond motifs is 1. The molecule has 0 unspecified atom stereocenters. The van der Waals surface area contributed by atoms with Crippen LogP contribution < -0.4 is 4.74 Å². The van der Waals surface area contributed by atoms with Crippen molar-refractivity contribution in [3.8, 4) is 5.75 Å². The van der Waals surface area contributed by atoms with Gasteiger partial charge in [0.2, 0.25) is 0 Å². The van der Waals surface area contributed by atoms with E-state index in [4.69, 9.17) is 4.74 Å². The van der Waals surface area contributed by atoms with E-state index in [1.807, 2.05) is 30.3 Å². The fraction of sp³-hybridized carbons (Fsp3) is 0.286. The molecule has 0 saturated carbocycles. The molecule has 0 aliphatic heterocycles. The van der Waals surface area contributed by atoms with Gasteiger partial charge in [0.25, 0.3) is 0 Å². The largest absolute Gasteiger partial charge is 0.494 e. The summed E-state index contributed by atoms with van der Waals surface area (Å²) in [5, 5.41) is 2.05. The Kier molecular flexibility index (Phi) is 4.34. The number of alkyl halides is 3. The lowest BCUT2D eigenvalue weighted by Gasteiger charge is -2.09. The number of hydrogen-bond donors (Lipinski definition) is 0. The Bertz CT molecular complexity index is 566. The van der Waals surface area contributed by atoms with Gasteiger partial charge in [-0.1, -0.05) is 28.1 Å². The van der Waals surface area contributed by atoms with Crippen LogP contribution in [0.5, 0.6) is 5.75 Å². The molecule has 0 radical (unpaired) electrons. The molecule has 0 amide bonds. The van der Waals surface area contributed by atoms with Gasteiger partial charge in [-0.05, 0) is 41.5 Å².